The molecule has 0 radical (unpaired) electrons. The van der Waals surface area contributed by atoms with E-state index in [0.29, 0.717) is 11.5 Å². The number of carbonyl (C=O) groups is 1. The Morgan fingerprint density at radius 2 is 2.00 bits per heavy atom. The zero-order valence-electron chi connectivity index (χ0n) is 14.5. The van der Waals surface area contributed by atoms with Gasteiger partial charge in [-0.25, -0.2) is 9.59 Å². The highest BCUT2D eigenvalue weighted by molar-refractivity contribution is 5.93. The van der Waals surface area contributed by atoms with Crippen molar-refractivity contribution in [2.45, 2.75) is 19.9 Å². The summed E-state index contributed by atoms with van der Waals surface area (Å²) in [4.78, 5) is 25.8. The van der Waals surface area contributed by atoms with Crippen LogP contribution in [0.25, 0.3) is 10.9 Å². The van der Waals surface area contributed by atoms with Crippen LogP contribution in [0.4, 0.5) is 4.79 Å². The van der Waals surface area contributed by atoms with E-state index < -0.39 is 5.82 Å². The number of nitrogens with one attached hydrogen (secondary N) is 1. The summed E-state index contributed by atoms with van der Waals surface area (Å²) in [7, 11) is 4.04. The van der Waals surface area contributed by atoms with Gasteiger partial charge in [0.2, 0.25) is 0 Å². The number of carbonyl (C=O) groups excluding carboxylic acids is 1. The number of aryl methyl sites for hydroxylation is 1. The standard InChI is InChI=1S/C18H21N3O4/c1-12-16(25-18(23)24-12)10-19-17(22)21-11-13(8-9-20(2)3)14-6-4-5-7-15(14)21/h4-7,11H,8-10H2,1-3H3,(H,19,22). The second kappa shape index (κ2) is 6.98. The first-order valence-corrected chi connectivity index (χ1v) is 8.07. The van der Waals surface area contributed by atoms with Gasteiger partial charge in [-0.05, 0) is 39.1 Å². The molecule has 3 aromatic rings. The van der Waals surface area contributed by atoms with Crippen molar-refractivity contribution in [3.63, 3.8) is 0 Å². The number of hydrogen-bond acceptors (Lipinski definition) is 5. The van der Waals surface area contributed by atoms with Crippen molar-refractivity contribution in [2.24, 2.45) is 0 Å². The fraction of sp³-hybridized carbons (Fsp3) is 0.333. The summed E-state index contributed by atoms with van der Waals surface area (Å²) in [5.41, 5.74) is 1.96. The molecule has 0 unspecified atom stereocenters. The molecule has 1 N–H and O–H groups in total. The summed E-state index contributed by atoms with van der Waals surface area (Å²) in [6.45, 7) is 2.61. The normalized spacial score (nSPS) is 11.4. The average Bonchev–Trinajstić information content (AvgIpc) is 3.10. The van der Waals surface area contributed by atoms with Gasteiger partial charge < -0.3 is 19.1 Å². The number of nitrogens with zero attached hydrogens (tertiary/aromatic N) is 2. The van der Waals surface area contributed by atoms with E-state index in [9.17, 15) is 9.59 Å². The summed E-state index contributed by atoms with van der Waals surface area (Å²) >= 11 is 0. The maximum Gasteiger partial charge on any atom is 0.519 e. The van der Waals surface area contributed by atoms with E-state index in [1.165, 1.54) is 0 Å². The molecule has 2 heterocycles. The molecule has 132 valence electrons. The molecule has 3 rings (SSSR count). The Morgan fingerprint density at radius 1 is 1.24 bits per heavy atom. The lowest BCUT2D eigenvalue weighted by molar-refractivity contribution is 0.241. The molecular weight excluding hydrogens is 322 g/mol. The van der Waals surface area contributed by atoms with Crippen LogP contribution in [0, 0.1) is 6.92 Å². The zero-order chi connectivity index (χ0) is 18.0. The third kappa shape index (κ3) is 3.66. The molecule has 25 heavy (non-hydrogen) atoms. The molecule has 0 aliphatic heterocycles. The van der Waals surface area contributed by atoms with Crippen LogP contribution in [0.15, 0.2) is 44.1 Å². The van der Waals surface area contributed by atoms with Crippen LogP contribution in [0.2, 0.25) is 0 Å². The van der Waals surface area contributed by atoms with E-state index in [-0.39, 0.29) is 12.6 Å². The molecule has 0 fully saturated rings. The molecular formula is C18H21N3O4. The highest BCUT2D eigenvalue weighted by atomic mass is 16.6. The molecule has 0 aliphatic carbocycles. The first kappa shape index (κ1) is 17.0. The lowest BCUT2D eigenvalue weighted by Gasteiger charge is -2.08. The molecule has 0 saturated carbocycles. The number of aromatic nitrogens is 1. The van der Waals surface area contributed by atoms with Crippen LogP contribution in [-0.2, 0) is 13.0 Å². The predicted octanol–water partition coefficient (Wildman–Crippen LogP) is 2.36. The first-order valence-electron chi connectivity index (χ1n) is 8.07. The van der Waals surface area contributed by atoms with Crippen molar-refractivity contribution in [3.05, 3.63) is 58.2 Å². The summed E-state index contributed by atoms with van der Waals surface area (Å²) in [6.07, 6.45) is 2.71. The second-order valence-electron chi connectivity index (χ2n) is 6.19. The number of para-hydroxylation sites is 1. The van der Waals surface area contributed by atoms with Crippen LogP contribution in [0.5, 0.6) is 0 Å². The van der Waals surface area contributed by atoms with Crippen LogP contribution in [0.3, 0.4) is 0 Å². The van der Waals surface area contributed by atoms with Gasteiger partial charge in [0.15, 0.2) is 5.76 Å². The van der Waals surface area contributed by atoms with Gasteiger partial charge in [0.25, 0.3) is 0 Å². The molecule has 7 heteroatoms. The molecule has 0 spiro atoms. The van der Waals surface area contributed by atoms with Gasteiger partial charge in [0.1, 0.15) is 5.76 Å². The van der Waals surface area contributed by atoms with Crippen LogP contribution < -0.4 is 11.1 Å². The lowest BCUT2D eigenvalue weighted by atomic mass is 10.1. The molecule has 1 amide bonds. The number of fused-ring (bicyclic) bond motifs is 1. The quantitative estimate of drug-likeness (QED) is 0.769. The Bertz CT molecular complexity index is 949. The van der Waals surface area contributed by atoms with Crippen molar-refractivity contribution < 1.29 is 13.6 Å². The van der Waals surface area contributed by atoms with Gasteiger partial charge in [-0.2, -0.15) is 0 Å². The SMILES string of the molecule is Cc1oc(=O)oc1CNC(=O)n1cc(CCN(C)C)c2ccccc21. The van der Waals surface area contributed by atoms with Gasteiger partial charge in [0.05, 0.1) is 12.1 Å². The molecule has 2 aromatic heterocycles. The highest BCUT2D eigenvalue weighted by Crippen LogP contribution is 2.22. The van der Waals surface area contributed by atoms with Gasteiger partial charge in [-0.15, -0.1) is 0 Å². The summed E-state index contributed by atoms with van der Waals surface area (Å²) in [5, 5.41) is 3.82. The lowest BCUT2D eigenvalue weighted by Crippen LogP contribution is -2.27. The summed E-state index contributed by atoms with van der Waals surface area (Å²) < 4.78 is 11.3. The van der Waals surface area contributed by atoms with E-state index >= 15 is 0 Å². The average molecular weight is 343 g/mol. The van der Waals surface area contributed by atoms with Gasteiger partial charge in [-0.3, -0.25) is 4.57 Å². The van der Waals surface area contributed by atoms with E-state index in [4.69, 9.17) is 8.83 Å². The fourth-order valence-corrected chi connectivity index (χ4v) is 2.74. The van der Waals surface area contributed by atoms with Crippen molar-refractivity contribution in [2.75, 3.05) is 20.6 Å². The Morgan fingerprint density at radius 3 is 2.68 bits per heavy atom. The number of rotatable bonds is 5. The summed E-state index contributed by atoms with van der Waals surface area (Å²) in [5.74, 6) is -0.0730. The van der Waals surface area contributed by atoms with Crippen molar-refractivity contribution in [1.29, 1.82) is 0 Å². The third-order valence-corrected chi connectivity index (χ3v) is 4.08. The minimum absolute atomic E-state index is 0.0932. The third-order valence-electron chi connectivity index (χ3n) is 4.08. The number of amides is 1. The van der Waals surface area contributed by atoms with Gasteiger partial charge in [-0.1, -0.05) is 18.2 Å². The zero-order valence-corrected chi connectivity index (χ0v) is 14.5. The number of hydrogen-bond donors (Lipinski definition) is 1. The van der Waals surface area contributed by atoms with Gasteiger partial charge >= 0.3 is 11.9 Å². The molecule has 0 atom stereocenters. The molecule has 1 aromatic carbocycles. The van der Waals surface area contributed by atoms with Crippen molar-refractivity contribution >= 4 is 16.9 Å². The molecule has 0 bridgehead atoms. The number of benzene rings is 1. The largest absolute Gasteiger partial charge is 0.519 e. The van der Waals surface area contributed by atoms with Crippen LogP contribution in [-0.4, -0.2) is 36.1 Å². The second-order valence-corrected chi connectivity index (χ2v) is 6.19. The molecule has 0 saturated heterocycles. The first-order chi connectivity index (χ1) is 12.0. The van der Waals surface area contributed by atoms with E-state index in [0.717, 1.165) is 29.4 Å². The Hall–Kier alpha value is -2.80. The fourth-order valence-electron chi connectivity index (χ4n) is 2.74. The van der Waals surface area contributed by atoms with E-state index in [1.807, 2.05) is 44.6 Å². The predicted molar refractivity (Wildman–Crippen MR) is 93.8 cm³/mol. The molecule has 0 aliphatic rings. The van der Waals surface area contributed by atoms with Crippen LogP contribution in [0.1, 0.15) is 17.1 Å². The maximum atomic E-state index is 12.6. The maximum absolute atomic E-state index is 12.6. The van der Waals surface area contributed by atoms with E-state index in [2.05, 4.69) is 10.2 Å². The molecule has 7 nitrogen and oxygen atoms in total. The monoisotopic (exact) mass is 343 g/mol. The Kier molecular flexibility index (Phi) is 4.76. The Balaban J connectivity index is 1.83. The topological polar surface area (TPSA) is 80.6 Å². The Labute approximate surface area is 144 Å². The minimum atomic E-state index is -0.765. The van der Waals surface area contributed by atoms with Gasteiger partial charge in [0, 0.05) is 18.1 Å². The van der Waals surface area contributed by atoms with Crippen LogP contribution >= 0.6 is 0 Å². The highest BCUT2D eigenvalue weighted by Gasteiger charge is 2.15. The van der Waals surface area contributed by atoms with Crippen molar-refractivity contribution in [3.8, 4) is 0 Å². The van der Waals surface area contributed by atoms with Crippen molar-refractivity contribution in [1.82, 2.24) is 14.8 Å². The number of likely N-dealkylation sites (N-methyl/N-ethyl adjacent to an activating group) is 1. The van der Waals surface area contributed by atoms with E-state index in [1.54, 1.807) is 11.5 Å². The minimum Gasteiger partial charge on any atom is -0.396 e. The summed E-state index contributed by atoms with van der Waals surface area (Å²) in [6, 6.07) is 7.52. The smallest absolute Gasteiger partial charge is 0.396 e.